The molecular formula is C17H15ClN2O4. The molecule has 0 saturated carbocycles. The molecule has 0 bridgehead atoms. The first kappa shape index (κ1) is 17.4. The second-order valence-corrected chi connectivity index (χ2v) is 5.07. The van der Waals surface area contributed by atoms with Crippen molar-refractivity contribution >= 4 is 23.2 Å². The first-order valence-electron chi connectivity index (χ1n) is 6.91. The van der Waals surface area contributed by atoms with Crippen LogP contribution in [-0.2, 0) is 4.79 Å². The van der Waals surface area contributed by atoms with Gasteiger partial charge in [0.2, 0.25) is 0 Å². The summed E-state index contributed by atoms with van der Waals surface area (Å²) < 4.78 is 15.7. The number of hydrogen-bond acceptors (Lipinski definition) is 5. The van der Waals surface area contributed by atoms with E-state index in [0.717, 1.165) is 0 Å². The SMILES string of the molecule is COc1cc(NC(=O)COc2cccc(C#N)c2)c(OC)cc1Cl. The molecule has 1 amide bonds. The lowest BCUT2D eigenvalue weighted by Crippen LogP contribution is -2.20. The maximum atomic E-state index is 12.1. The van der Waals surface area contributed by atoms with Crippen LogP contribution in [0.5, 0.6) is 17.2 Å². The van der Waals surface area contributed by atoms with E-state index in [-0.39, 0.29) is 12.5 Å². The predicted molar refractivity (Wildman–Crippen MR) is 89.8 cm³/mol. The van der Waals surface area contributed by atoms with Crippen LogP contribution in [-0.4, -0.2) is 26.7 Å². The van der Waals surface area contributed by atoms with Crippen LogP contribution in [0.15, 0.2) is 36.4 Å². The van der Waals surface area contributed by atoms with Gasteiger partial charge in [-0.15, -0.1) is 0 Å². The molecule has 0 aliphatic carbocycles. The van der Waals surface area contributed by atoms with Crippen LogP contribution < -0.4 is 19.5 Å². The number of carbonyl (C=O) groups excluding carboxylic acids is 1. The number of benzene rings is 2. The van der Waals surface area contributed by atoms with Crippen molar-refractivity contribution in [1.82, 2.24) is 0 Å². The molecule has 0 radical (unpaired) electrons. The highest BCUT2D eigenvalue weighted by Crippen LogP contribution is 2.35. The Morgan fingerprint density at radius 3 is 2.62 bits per heavy atom. The largest absolute Gasteiger partial charge is 0.495 e. The Morgan fingerprint density at radius 2 is 1.96 bits per heavy atom. The van der Waals surface area contributed by atoms with E-state index in [1.807, 2.05) is 6.07 Å². The fourth-order valence-electron chi connectivity index (χ4n) is 1.95. The van der Waals surface area contributed by atoms with Crippen molar-refractivity contribution in [3.05, 3.63) is 47.0 Å². The van der Waals surface area contributed by atoms with Crippen molar-refractivity contribution in [3.8, 4) is 23.3 Å². The van der Waals surface area contributed by atoms with Gasteiger partial charge in [0.1, 0.15) is 17.2 Å². The van der Waals surface area contributed by atoms with E-state index in [2.05, 4.69) is 5.32 Å². The zero-order chi connectivity index (χ0) is 17.5. The first-order chi connectivity index (χ1) is 11.6. The van der Waals surface area contributed by atoms with Gasteiger partial charge in [0.15, 0.2) is 6.61 Å². The van der Waals surface area contributed by atoms with Crippen LogP contribution in [0.2, 0.25) is 5.02 Å². The Balaban J connectivity index is 2.05. The molecule has 2 aromatic carbocycles. The number of carbonyl (C=O) groups is 1. The Labute approximate surface area is 144 Å². The summed E-state index contributed by atoms with van der Waals surface area (Å²) >= 11 is 6.02. The van der Waals surface area contributed by atoms with E-state index >= 15 is 0 Å². The summed E-state index contributed by atoms with van der Waals surface area (Å²) in [4.78, 5) is 12.1. The summed E-state index contributed by atoms with van der Waals surface area (Å²) in [5, 5.41) is 11.9. The Morgan fingerprint density at radius 1 is 1.21 bits per heavy atom. The molecule has 0 spiro atoms. The number of nitriles is 1. The third-order valence-corrected chi connectivity index (χ3v) is 3.38. The average Bonchev–Trinajstić information content (AvgIpc) is 2.61. The average molecular weight is 347 g/mol. The van der Waals surface area contributed by atoms with Gasteiger partial charge in [0, 0.05) is 12.1 Å². The smallest absolute Gasteiger partial charge is 0.262 e. The minimum atomic E-state index is -0.389. The maximum Gasteiger partial charge on any atom is 0.262 e. The Hall–Kier alpha value is -2.91. The molecule has 0 aromatic heterocycles. The van der Waals surface area contributed by atoms with E-state index in [0.29, 0.717) is 33.5 Å². The second-order valence-electron chi connectivity index (χ2n) is 4.66. The predicted octanol–water partition coefficient (Wildman–Crippen LogP) is 3.25. The van der Waals surface area contributed by atoms with E-state index in [4.69, 9.17) is 31.1 Å². The highest BCUT2D eigenvalue weighted by atomic mass is 35.5. The van der Waals surface area contributed by atoms with Gasteiger partial charge in [-0.25, -0.2) is 0 Å². The molecule has 24 heavy (non-hydrogen) atoms. The van der Waals surface area contributed by atoms with Crippen molar-refractivity contribution in [1.29, 1.82) is 5.26 Å². The second kappa shape index (κ2) is 8.09. The molecule has 0 fully saturated rings. The van der Waals surface area contributed by atoms with E-state index in [1.165, 1.54) is 14.2 Å². The normalized spacial score (nSPS) is 9.75. The minimum Gasteiger partial charge on any atom is -0.495 e. The molecule has 6 nitrogen and oxygen atoms in total. The first-order valence-corrected chi connectivity index (χ1v) is 7.29. The molecule has 124 valence electrons. The molecular weight excluding hydrogens is 332 g/mol. The van der Waals surface area contributed by atoms with Gasteiger partial charge >= 0.3 is 0 Å². The topological polar surface area (TPSA) is 80.6 Å². The molecule has 0 aliphatic heterocycles. The zero-order valence-corrected chi connectivity index (χ0v) is 13.9. The van der Waals surface area contributed by atoms with Gasteiger partial charge in [-0.1, -0.05) is 17.7 Å². The zero-order valence-electron chi connectivity index (χ0n) is 13.1. The molecule has 2 aromatic rings. The fraction of sp³-hybridized carbons (Fsp3) is 0.176. The van der Waals surface area contributed by atoms with Gasteiger partial charge in [-0.3, -0.25) is 4.79 Å². The number of hydrogen-bond donors (Lipinski definition) is 1. The number of amides is 1. The van der Waals surface area contributed by atoms with Gasteiger partial charge in [-0.2, -0.15) is 5.26 Å². The van der Waals surface area contributed by atoms with Crippen LogP contribution in [0, 0.1) is 11.3 Å². The van der Waals surface area contributed by atoms with Crippen molar-refractivity contribution in [2.45, 2.75) is 0 Å². The van der Waals surface area contributed by atoms with E-state index in [9.17, 15) is 4.79 Å². The van der Waals surface area contributed by atoms with Crippen LogP contribution in [0.25, 0.3) is 0 Å². The molecule has 0 saturated heterocycles. The van der Waals surface area contributed by atoms with Crippen molar-refractivity contribution in [2.75, 3.05) is 26.1 Å². The summed E-state index contributed by atoms with van der Waals surface area (Å²) in [6.45, 7) is -0.219. The van der Waals surface area contributed by atoms with Crippen molar-refractivity contribution in [2.24, 2.45) is 0 Å². The van der Waals surface area contributed by atoms with Gasteiger partial charge in [-0.05, 0) is 18.2 Å². The summed E-state index contributed by atoms with van der Waals surface area (Å²) in [7, 11) is 2.95. The lowest BCUT2D eigenvalue weighted by atomic mass is 10.2. The number of nitrogens with zero attached hydrogens (tertiary/aromatic N) is 1. The summed E-state index contributed by atoms with van der Waals surface area (Å²) in [5.74, 6) is 0.862. The molecule has 7 heteroatoms. The number of rotatable bonds is 6. The lowest BCUT2D eigenvalue weighted by molar-refractivity contribution is -0.118. The quantitative estimate of drug-likeness (QED) is 0.868. The molecule has 0 atom stereocenters. The number of anilines is 1. The molecule has 0 aliphatic rings. The maximum absolute atomic E-state index is 12.1. The number of methoxy groups -OCH3 is 2. The molecule has 0 unspecified atom stereocenters. The van der Waals surface area contributed by atoms with Crippen LogP contribution in [0.1, 0.15) is 5.56 Å². The van der Waals surface area contributed by atoms with Crippen LogP contribution in [0.3, 0.4) is 0 Å². The van der Waals surface area contributed by atoms with E-state index in [1.54, 1.807) is 36.4 Å². The molecule has 0 heterocycles. The summed E-state index contributed by atoms with van der Waals surface area (Å²) in [6.07, 6.45) is 0. The van der Waals surface area contributed by atoms with Crippen LogP contribution >= 0.6 is 11.6 Å². The van der Waals surface area contributed by atoms with Crippen molar-refractivity contribution in [3.63, 3.8) is 0 Å². The highest BCUT2D eigenvalue weighted by Gasteiger charge is 2.13. The van der Waals surface area contributed by atoms with Gasteiger partial charge in [0.25, 0.3) is 5.91 Å². The summed E-state index contributed by atoms with van der Waals surface area (Å²) in [5.41, 5.74) is 0.871. The van der Waals surface area contributed by atoms with Gasteiger partial charge < -0.3 is 19.5 Å². The molecule has 1 N–H and O–H groups in total. The number of ether oxygens (including phenoxy) is 3. The monoisotopic (exact) mass is 346 g/mol. The minimum absolute atomic E-state index is 0.219. The van der Waals surface area contributed by atoms with Crippen LogP contribution in [0.4, 0.5) is 5.69 Å². The summed E-state index contributed by atoms with van der Waals surface area (Å²) in [6, 6.07) is 11.7. The lowest BCUT2D eigenvalue weighted by Gasteiger charge is -2.13. The molecule has 2 rings (SSSR count). The Kier molecular flexibility index (Phi) is 5.88. The Bertz CT molecular complexity index is 787. The standard InChI is InChI=1S/C17H15ClN2O4/c1-22-15-8-14(16(23-2)7-13(15)18)20-17(21)10-24-12-5-3-4-11(6-12)9-19/h3-8H,10H2,1-2H3,(H,20,21). The van der Waals surface area contributed by atoms with Gasteiger partial charge in [0.05, 0.1) is 36.6 Å². The number of halogens is 1. The fourth-order valence-corrected chi connectivity index (χ4v) is 2.18. The third kappa shape index (κ3) is 4.31. The number of nitrogens with one attached hydrogen (secondary N) is 1. The third-order valence-electron chi connectivity index (χ3n) is 3.08. The van der Waals surface area contributed by atoms with Crippen molar-refractivity contribution < 1.29 is 19.0 Å². The highest BCUT2D eigenvalue weighted by molar-refractivity contribution is 6.32. The van der Waals surface area contributed by atoms with E-state index < -0.39 is 0 Å².